The summed E-state index contributed by atoms with van der Waals surface area (Å²) in [5.74, 6) is 0.486. The Bertz CT molecular complexity index is 617. The van der Waals surface area contributed by atoms with Gasteiger partial charge in [0, 0.05) is 10.2 Å². The van der Waals surface area contributed by atoms with Gasteiger partial charge in [-0.25, -0.2) is 0 Å². The number of amides is 1. The number of carbonyl (C=O) groups is 1. The molecule has 0 aromatic heterocycles. The molecule has 3 heteroatoms. The lowest BCUT2D eigenvalue weighted by Gasteiger charge is -2.14. The maximum absolute atomic E-state index is 12.3. The Morgan fingerprint density at radius 3 is 2.14 bits per heavy atom. The number of nitrogens with one attached hydrogen (secondary N) is 1. The minimum absolute atomic E-state index is 0.0129. The maximum atomic E-state index is 12.3. The van der Waals surface area contributed by atoms with Crippen molar-refractivity contribution in [2.45, 2.75) is 33.1 Å². The highest BCUT2D eigenvalue weighted by atomic mass is 79.9. The van der Waals surface area contributed by atoms with Gasteiger partial charge in [0.05, 0.1) is 5.92 Å². The molecular formula is C19H22BrNO. The van der Waals surface area contributed by atoms with Crippen LogP contribution in [-0.2, 0) is 11.2 Å². The number of hydrogen-bond acceptors (Lipinski definition) is 1. The van der Waals surface area contributed by atoms with Gasteiger partial charge in [0.2, 0.25) is 5.91 Å². The van der Waals surface area contributed by atoms with Crippen molar-refractivity contribution >= 4 is 27.5 Å². The molecule has 0 aliphatic carbocycles. The highest BCUT2D eigenvalue weighted by Crippen LogP contribution is 2.20. The van der Waals surface area contributed by atoms with Crippen molar-refractivity contribution in [1.29, 1.82) is 0 Å². The van der Waals surface area contributed by atoms with E-state index in [2.05, 4.69) is 59.4 Å². The van der Waals surface area contributed by atoms with Crippen LogP contribution in [0.3, 0.4) is 0 Å². The maximum Gasteiger partial charge on any atom is 0.231 e. The van der Waals surface area contributed by atoms with Crippen molar-refractivity contribution in [2.75, 3.05) is 5.32 Å². The minimum Gasteiger partial charge on any atom is -0.326 e. The molecule has 0 spiro atoms. The molecule has 1 N–H and O–H groups in total. The molecule has 116 valence electrons. The summed E-state index contributed by atoms with van der Waals surface area (Å²) >= 11 is 3.39. The zero-order valence-electron chi connectivity index (χ0n) is 13.3. The molecule has 2 aromatic carbocycles. The number of rotatable bonds is 5. The van der Waals surface area contributed by atoms with E-state index in [1.807, 2.05) is 31.2 Å². The number of benzene rings is 2. The van der Waals surface area contributed by atoms with Gasteiger partial charge in [-0.3, -0.25) is 4.79 Å². The highest BCUT2D eigenvalue weighted by Gasteiger charge is 2.15. The second kappa shape index (κ2) is 7.59. The molecule has 0 saturated heterocycles. The topological polar surface area (TPSA) is 29.1 Å². The molecule has 22 heavy (non-hydrogen) atoms. The zero-order valence-corrected chi connectivity index (χ0v) is 14.9. The molecule has 2 rings (SSSR count). The van der Waals surface area contributed by atoms with Crippen LogP contribution in [0.25, 0.3) is 0 Å². The largest absolute Gasteiger partial charge is 0.326 e. The van der Waals surface area contributed by atoms with Crippen LogP contribution in [-0.4, -0.2) is 5.91 Å². The summed E-state index contributed by atoms with van der Waals surface area (Å²) < 4.78 is 0.999. The lowest BCUT2D eigenvalue weighted by Crippen LogP contribution is -2.18. The van der Waals surface area contributed by atoms with Crippen LogP contribution < -0.4 is 5.32 Å². The third kappa shape index (κ3) is 4.70. The van der Waals surface area contributed by atoms with Crippen LogP contribution in [0.5, 0.6) is 0 Å². The van der Waals surface area contributed by atoms with Gasteiger partial charge in [-0.15, -0.1) is 0 Å². The van der Waals surface area contributed by atoms with Gasteiger partial charge in [-0.2, -0.15) is 0 Å². The molecule has 0 heterocycles. The molecule has 0 radical (unpaired) electrons. The molecule has 1 unspecified atom stereocenters. The van der Waals surface area contributed by atoms with Crippen LogP contribution in [0, 0.1) is 5.92 Å². The quantitative estimate of drug-likeness (QED) is 0.761. The van der Waals surface area contributed by atoms with E-state index in [1.165, 1.54) is 5.56 Å². The Morgan fingerprint density at radius 1 is 1.00 bits per heavy atom. The second-order valence-corrected chi connectivity index (χ2v) is 6.97. The number of carbonyl (C=O) groups excluding carboxylic acids is 1. The molecule has 0 aliphatic heterocycles. The van der Waals surface area contributed by atoms with Crippen LogP contribution in [0.4, 0.5) is 5.69 Å². The first-order valence-corrected chi connectivity index (χ1v) is 8.40. The van der Waals surface area contributed by atoms with E-state index in [1.54, 1.807) is 0 Å². The van der Waals surface area contributed by atoms with Crippen LogP contribution in [0.2, 0.25) is 0 Å². The van der Waals surface area contributed by atoms with Crippen molar-refractivity contribution in [3.63, 3.8) is 0 Å². The Morgan fingerprint density at radius 2 is 1.59 bits per heavy atom. The van der Waals surface area contributed by atoms with Crippen LogP contribution >= 0.6 is 15.9 Å². The van der Waals surface area contributed by atoms with Crippen molar-refractivity contribution < 1.29 is 4.79 Å². The normalized spacial score (nSPS) is 12.2. The molecular weight excluding hydrogens is 338 g/mol. The van der Waals surface area contributed by atoms with Crippen molar-refractivity contribution in [3.05, 3.63) is 64.1 Å². The number of anilines is 1. The summed E-state index contributed by atoms with van der Waals surface area (Å²) in [4.78, 5) is 12.3. The Hall–Kier alpha value is -1.61. The third-order valence-corrected chi connectivity index (χ3v) is 4.16. The molecule has 0 saturated carbocycles. The van der Waals surface area contributed by atoms with Gasteiger partial charge in [0.25, 0.3) is 0 Å². The molecule has 0 bridgehead atoms. The van der Waals surface area contributed by atoms with Crippen molar-refractivity contribution in [3.8, 4) is 0 Å². The van der Waals surface area contributed by atoms with Gasteiger partial charge in [0.1, 0.15) is 0 Å². The van der Waals surface area contributed by atoms with Gasteiger partial charge < -0.3 is 5.32 Å². The zero-order chi connectivity index (χ0) is 16.1. The lowest BCUT2D eigenvalue weighted by atomic mass is 9.96. The monoisotopic (exact) mass is 359 g/mol. The Kier molecular flexibility index (Phi) is 5.78. The summed E-state index contributed by atoms with van der Waals surface area (Å²) in [7, 11) is 0. The summed E-state index contributed by atoms with van der Waals surface area (Å²) in [6.45, 7) is 6.36. The standard InChI is InChI=1S/C19H22BrNO/c1-13(2)12-15-4-6-16(7-5-15)14(3)19(22)21-18-10-8-17(20)9-11-18/h4-11,13-14H,12H2,1-3H3,(H,21,22). The first kappa shape index (κ1) is 16.8. The van der Waals surface area contributed by atoms with Crippen LogP contribution in [0.1, 0.15) is 37.8 Å². The van der Waals surface area contributed by atoms with E-state index in [4.69, 9.17) is 0 Å². The van der Waals surface area contributed by atoms with E-state index in [9.17, 15) is 4.79 Å². The van der Waals surface area contributed by atoms with E-state index in [-0.39, 0.29) is 11.8 Å². The van der Waals surface area contributed by atoms with Crippen molar-refractivity contribution in [1.82, 2.24) is 0 Å². The van der Waals surface area contributed by atoms with E-state index in [0.29, 0.717) is 5.92 Å². The molecule has 1 amide bonds. The fourth-order valence-electron chi connectivity index (χ4n) is 2.35. The Balaban J connectivity index is 2.02. The first-order valence-electron chi connectivity index (χ1n) is 7.61. The average molecular weight is 360 g/mol. The number of halogens is 1. The molecule has 2 nitrogen and oxygen atoms in total. The summed E-state index contributed by atoms with van der Waals surface area (Å²) in [6.07, 6.45) is 1.07. The Labute approximate surface area is 141 Å². The lowest BCUT2D eigenvalue weighted by molar-refractivity contribution is -0.117. The predicted molar refractivity (Wildman–Crippen MR) is 96.2 cm³/mol. The third-order valence-electron chi connectivity index (χ3n) is 3.63. The fourth-order valence-corrected chi connectivity index (χ4v) is 2.61. The van der Waals surface area contributed by atoms with E-state index < -0.39 is 0 Å². The van der Waals surface area contributed by atoms with Crippen molar-refractivity contribution in [2.24, 2.45) is 5.92 Å². The predicted octanol–water partition coefficient (Wildman–Crippen LogP) is 5.39. The van der Waals surface area contributed by atoms with E-state index in [0.717, 1.165) is 22.1 Å². The van der Waals surface area contributed by atoms with Gasteiger partial charge in [-0.05, 0) is 54.7 Å². The SMILES string of the molecule is CC(C)Cc1ccc(C(C)C(=O)Nc2ccc(Br)cc2)cc1. The van der Waals surface area contributed by atoms with Gasteiger partial charge >= 0.3 is 0 Å². The average Bonchev–Trinajstić information content (AvgIpc) is 2.49. The summed E-state index contributed by atoms with van der Waals surface area (Å²) in [5, 5.41) is 2.95. The second-order valence-electron chi connectivity index (χ2n) is 6.06. The van der Waals surface area contributed by atoms with E-state index >= 15 is 0 Å². The molecule has 0 fully saturated rings. The molecule has 1 atom stereocenters. The van der Waals surface area contributed by atoms with Crippen LogP contribution in [0.15, 0.2) is 53.0 Å². The number of hydrogen-bond donors (Lipinski definition) is 1. The highest BCUT2D eigenvalue weighted by molar-refractivity contribution is 9.10. The smallest absolute Gasteiger partial charge is 0.231 e. The summed E-state index contributed by atoms with van der Waals surface area (Å²) in [5.41, 5.74) is 3.18. The van der Waals surface area contributed by atoms with Gasteiger partial charge in [-0.1, -0.05) is 54.0 Å². The first-order chi connectivity index (χ1) is 10.5. The fraction of sp³-hybridized carbons (Fsp3) is 0.316. The minimum atomic E-state index is -0.170. The molecule has 0 aliphatic rings. The molecule has 2 aromatic rings. The van der Waals surface area contributed by atoms with Gasteiger partial charge in [0.15, 0.2) is 0 Å². The summed E-state index contributed by atoms with van der Waals surface area (Å²) in [6, 6.07) is 16.0.